The maximum atomic E-state index is 12.1. The van der Waals surface area contributed by atoms with E-state index in [4.69, 9.17) is 9.40 Å². The van der Waals surface area contributed by atoms with Gasteiger partial charge in [0.25, 0.3) is 0 Å². The highest BCUT2D eigenvalue weighted by molar-refractivity contribution is 7.18. The van der Waals surface area contributed by atoms with Crippen LogP contribution in [0.2, 0.25) is 0 Å². The van der Waals surface area contributed by atoms with Gasteiger partial charge in [-0.25, -0.2) is 9.78 Å². The third kappa shape index (κ3) is 3.29. The number of thiazole rings is 1. The molecule has 5 heteroatoms. The van der Waals surface area contributed by atoms with Crippen LogP contribution in [0, 0.1) is 13.8 Å². The lowest BCUT2D eigenvalue weighted by molar-refractivity contribution is -0.923. The van der Waals surface area contributed by atoms with Gasteiger partial charge < -0.3 is 9.32 Å². The molecule has 0 radical (unpaired) electrons. The van der Waals surface area contributed by atoms with Crippen LogP contribution in [0.25, 0.3) is 21.2 Å². The van der Waals surface area contributed by atoms with Gasteiger partial charge in [-0.05, 0) is 44.0 Å². The van der Waals surface area contributed by atoms with E-state index in [9.17, 15) is 4.79 Å². The van der Waals surface area contributed by atoms with Crippen molar-refractivity contribution in [1.29, 1.82) is 0 Å². The van der Waals surface area contributed by atoms with E-state index in [0.717, 1.165) is 39.1 Å². The summed E-state index contributed by atoms with van der Waals surface area (Å²) in [5.41, 5.74) is 4.66. The first-order chi connectivity index (χ1) is 12.9. The summed E-state index contributed by atoms with van der Waals surface area (Å²) in [6, 6.07) is 14.2. The van der Waals surface area contributed by atoms with E-state index >= 15 is 0 Å². The molecule has 4 nitrogen and oxygen atoms in total. The van der Waals surface area contributed by atoms with Gasteiger partial charge in [-0.1, -0.05) is 24.3 Å². The molecular formula is C22H23N2O2S+. The van der Waals surface area contributed by atoms with E-state index in [0.29, 0.717) is 5.58 Å². The molecule has 4 aromatic rings. The second-order valence-electron chi connectivity index (χ2n) is 7.24. The van der Waals surface area contributed by atoms with Crippen molar-refractivity contribution in [3.8, 4) is 0 Å². The van der Waals surface area contributed by atoms with Crippen molar-refractivity contribution in [2.45, 2.75) is 33.4 Å². The van der Waals surface area contributed by atoms with Crippen LogP contribution in [0.15, 0.2) is 51.7 Å². The maximum absolute atomic E-state index is 12.1. The number of hydrogen-bond acceptors (Lipinski definition) is 4. The third-order valence-corrected chi connectivity index (χ3v) is 6.63. The molecule has 0 bridgehead atoms. The number of aromatic nitrogens is 1. The topological polar surface area (TPSA) is 47.5 Å². The second-order valence-corrected chi connectivity index (χ2v) is 8.30. The van der Waals surface area contributed by atoms with Gasteiger partial charge >= 0.3 is 5.63 Å². The van der Waals surface area contributed by atoms with Crippen molar-refractivity contribution in [3.05, 3.63) is 74.6 Å². The lowest BCUT2D eigenvalue weighted by Gasteiger charge is -2.20. The van der Waals surface area contributed by atoms with Crippen LogP contribution in [0.3, 0.4) is 0 Å². The van der Waals surface area contributed by atoms with Crippen LogP contribution < -0.4 is 10.5 Å². The van der Waals surface area contributed by atoms with E-state index < -0.39 is 0 Å². The van der Waals surface area contributed by atoms with Crippen molar-refractivity contribution >= 4 is 32.5 Å². The molecule has 2 aromatic carbocycles. The molecule has 0 aliphatic rings. The molecule has 1 unspecified atom stereocenters. The average molecular weight is 380 g/mol. The fraction of sp³-hybridized carbons (Fsp3) is 0.273. The molecule has 0 saturated carbocycles. The largest absolute Gasteiger partial charge is 0.422 e. The summed E-state index contributed by atoms with van der Waals surface area (Å²) in [5.74, 6) is 0. The predicted molar refractivity (Wildman–Crippen MR) is 111 cm³/mol. The molecule has 0 spiro atoms. The molecule has 0 aliphatic heterocycles. The fourth-order valence-corrected chi connectivity index (χ4v) is 4.52. The van der Waals surface area contributed by atoms with Gasteiger partial charge in [0.15, 0.2) is 5.01 Å². The summed E-state index contributed by atoms with van der Waals surface area (Å²) >= 11 is 1.74. The molecule has 0 amide bonds. The lowest BCUT2D eigenvalue weighted by atomic mass is 10.0. The van der Waals surface area contributed by atoms with Gasteiger partial charge in [-0.2, -0.15) is 0 Å². The highest BCUT2D eigenvalue weighted by Gasteiger charge is 2.21. The van der Waals surface area contributed by atoms with Gasteiger partial charge in [-0.15, -0.1) is 11.3 Å². The minimum absolute atomic E-state index is 0.233. The molecule has 1 N–H and O–H groups in total. The Morgan fingerprint density at radius 2 is 1.96 bits per heavy atom. The van der Waals surface area contributed by atoms with E-state index in [1.54, 1.807) is 17.4 Å². The normalized spacial score (nSPS) is 13.9. The zero-order valence-electron chi connectivity index (χ0n) is 16.0. The zero-order chi connectivity index (χ0) is 19.1. The zero-order valence-corrected chi connectivity index (χ0v) is 16.8. The quantitative estimate of drug-likeness (QED) is 0.549. The van der Waals surface area contributed by atoms with Crippen LogP contribution in [0.5, 0.6) is 0 Å². The first-order valence-corrected chi connectivity index (χ1v) is 9.96. The molecule has 2 heterocycles. The molecule has 27 heavy (non-hydrogen) atoms. The molecule has 138 valence electrons. The lowest BCUT2D eigenvalue weighted by Crippen LogP contribution is -3.07. The van der Waals surface area contributed by atoms with Crippen LogP contribution in [-0.2, 0) is 6.54 Å². The summed E-state index contributed by atoms with van der Waals surface area (Å²) < 4.78 is 6.72. The van der Waals surface area contributed by atoms with Gasteiger partial charge in [0.2, 0.25) is 0 Å². The van der Waals surface area contributed by atoms with Gasteiger partial charge in [0, 0.05) is 17.0 Å². The van der Waals surface area contributed by atoms with Crippen molar-refractivity contribution in [2.75, 3.05) is 7.05 Å². The Morgan fingerprint density at radius 3 is 2.74 bits per heavy atom. The smallest absolute Gasteiger partial charge is 0.336 e. The highest BCUT2D eigenvalue weighted by Crippen LogP contribution is 2.26. The van der Waals surface area contributed by atoms with E-state index in [2.05, 4.69) is 38.2 Å². The van der Waals surface area contributed by atoms with Crippen LogP contribution in [0.1, 0.15) is 34.7 Å². The summed E-state index contributed by atoms with van der Waals surface area (Å²) in [6.45, 7) is 6.97. The summed E-state index contributed by atoms with van der Waals surface area (Å²) in [4.78, 5) is 18.2. The predicted octanol–water partition coefficient (Wildman–Crippen LogP) is 3.80. The number of aryl methyl sites for hydroxylation is 2. The first kappa shape index (κ1) is 17.9. The number of hydrogen-bond donors (Lipinski definition) is 1. The van der Waals surface area contributed by atoms with Crippen LogP contribution in [0.4, 0.5) is 0 Å². The third-order valence-electron chi connectivity index (χ3n) is 5.41. The molecule has 0 fully saturated rings. The Hall–Kier alpha value is -2.50. The number of fused-ring (bicyclic) bond motifs is 2. The SMILES string of the molecule is Cc1ccc2c(C[NH+](C)[C@@H](C)c3nc4ccccc4s3)cc(=O)oc2c1C. The second kappa shape index (κ2) is 6.91. The average Bonchev–Trinajstić information content (AvgIpc) is 3.08. The molecule has 4 rings (SSSR count). The summed E-state index contributed by atoms with van der Waals surface area (Å²) in [6.07, 6.45) is 0. The van der Waals surface area contributed by atoms with Crippen LogP contribution >= 0.6 is 11.3 Å². The Labute approximate surface area is 162 Å². The van der Waals surface area contributed by atoms with Crippen LogP contribution in [-0.4, -0.2) is 12.0 Å². The Kier molecular flexibility index (Phi) is 4.58. The standard InChI is InChI=1S/C22H22N2O2S/c1-13-9-10-17-16(11-20(25)26-21(17)14(13)2)12-24(4)15(3)22-23-18-7-5-6-8-19(18)27-22/h5-11,15H,12H2,1-4H3/p+1/t15-/m0/s1. The molecule has 0 saturated heterocycles. The Bertz CT molecular complexity index is 1160. The van der Waals surface area contributed by atoms with Gasteiger partial charge in [0.05, 0.1) is 17.3 Å². The number of nitrogens with zero attached hydrogens (tertiary/aromatic N) is 1. The number of para-hydroxylation sites is 1. The fourth-order valence-electron chi connectivity index (χ4n) is 3.41. The minimum Gasteiger partial charge on any atom is -0.422 e. The Balaban J connectivity index is 1.69. The van der Waals surface area contributed by atoms with Crippen molar-refractivity contribution in [3.63, 3.8) is 0 Å². The van der Waals surface area contributed by atoms with Crippen molar-refractivity contribution in [2.24, 2.45) is 0 Å². The van der Waals surface area contributed by atoms with Gasteiger partial charge in [0.1, 0.15) is 18.2 Å². The van der Waals surface area contributed by atoms with E-state index in [1.807, 2.05) is 26.0 Å². The van der Waals surface area contributed by atoms with Gasteiger partial charge in [-0.3, -0.25) is 0 Å². The Morgan fingerprint density at radius 1 is 1.19 bits per heavy atom. The molecule has 2 atom stereocenters. The number of nitrogens with one attached hydrogen (secondary N) is 1. The first-order valence-electron chi connectivity index (χ1n) is 9.15. The number of benzene rings is 2. The minimum atomic E-state index is -0.286. The molecule has 2 aromatic heterocycles. The number of quaternary nitrogens is 1. The summed E-state index contributed by atoms with van der Waals surface area (Å²) in [7, 11) is 2.15. The summed E-state index contributed by atoms with van der Waals surface area (Å²) in [5, 5.41) is 2.14. The maximum Gasteiger partial charge on any atom is 0.336 e. The highest BCUT2D eigenvalue weighted by atomic mass is 32.1. The monoisotopic (exact) mass is 379 g/mol. The molecule has 0 aliphatic carbocycles. The van der Waals surface area contributed by atoms with E-state index in [-0.39, 0.29) is 11.7 Å². The van der Waals surface area contributed by atoms with E-state index in [1.165, 1.54) is 9.60 Å². The van der Waals surface area contributed by atoms with Crippen molar-refractivity contribution < 1.29 is 9.32 Å². The number of rotatable bonds is 4. The molecular weight excluding hydrogens is 356 g/mol. The van der Waals surface area contributed by atoms with Crippen molar-refractivity contribution in [1.82, 2.24) is 4.98 Å².